The second kappa shape index (κ2) is 13.0. The predicted octanol–water partition coefficient (Wildman–Crippen LogP) is 1.82. The highest BCUT2D eigenvalue weighted by molar-refractivity contribution is 5.98. The van der Waals surface area contributed by atoms with Gasteiger partial charge in [0, 0.05) is 44.0 Å². The van der Waals surface area contributed by atoms with Crippen molar-refractivity contribution >= 4 is 29.1 Å². The maximum Gasteiger partial charge on any atom is 0.267 e. The van der Waals surface area contributed by atoms with Crippen molar-refractivity contribution in [2.45, 2.75) is 6.04 Å². The molecule has 3 amide bonds. The highest BCUT2D eigenvalue weighted by Gasteiger charge is 2.21. The predicted molar refractivity (Wildman–Crippen MR) is 146 cm³/mol. The number of nitrogens with two attached hydrogens (primary N) is 1. The summed E-state index contributed by atoms with van der Waals surface area (Å²) in [5.74, 6) is -1.65. The van der Waals surface area contributed by atoms with Gasteiger partial charge >= 0.3 is 0 Å². The number of amides is 3. The second-order valence-electron chi connectivity index (χ2n) is 9.16. The van der Waals surface area contributed by atoms with Gasteiger partial charge in [-0.05, 0) is 47.5 Å². The first-order valence-corrected chi connectivity index (χ1v) is 12.5. The molecule has 3 aromatic rings. The molecule has 0 radical (unpaired) electrons. The zero-order valence-electron chi connectivity index (χ0n) is 21.3. The lowest BCUT2D eigenvalue weighted by atomic mass is 10.0. The third-order valence-corrected chi connectivity index (χ3v) is 6.55. The summed E-state index contributed by atoms with van der Waals surface area (Å²) in [7, 11) is 0. The summed E-state index contributed by atoms with van der Waals surface area (Å²) in [4.78, 5) is 40.5. The van der Waals surface area contributed by atoms with Crippen LogP contribution in [-0.4, -0.2) is 73.1 Å². The third kappa shape index (κ3) is 7.17. The van der Waals surface area contributed by atoms with Crippen LogP contribution in [0.3, 0.4) is 0 Å². The largest absolute Gasteiger partial charge is 0.367 e. The molecular formula is C28H31FN6O4. The zero-order chi connectivity index (χ0) is 27.8. The summed E-state index contributed by atoms with van der Waals surface area (Å²) >= 11 is 0. The molecule has 0 aromatic heterocycles. The molecule has 11 heteroatoms. The van der Waals surface area contributed by atoms with Crippen molar-refractivity contribution in [1.82, 2.24) is 15.7 Å². The van der Waals surface area contributed by atoms with E-state index in [-0.39, 0.29) is 24.8 Å². The van der Waals surface area contributed by atoms with E-state index in [0.717, 1.165) is 11.1 Å². The summed E-state index contributed by atoms with van der Waals surface area (Å²) in [5, 5.41) is 14.1. The van der Waals surface area contributed by atoms with E-state index in [1.807, 2.05) is 40.1 Å². The number of hydroxylamine groups is 1. The number of benzene rings is 3. The van der Waals surface area contributed by atoms with Crippen LogP contribution in [0.1, 0.15) is 10.4 Å². The molecule has 1 aliphatic heterocycles. The molecule has 6 N–H and O–H groups in total. The number of hydrogen-bond acceptors (Lipinski definition) is 7. The zero-order valence-corrected chi connectivity index (χ0v) is 21.3. The normalized spacial score (nSPS) is 14.4. The number of carbonyl (C=O) groups excluding carboxylic acids is 3. The molecule has 0 saturated carbocycles. The second-order valence-corrected chi connectivity index (χ2v) is 9.16. The average molecular weight is 535 g/mol. The fourth-order valence-electron chi connectivity index (χ4n) is 4.37. The van der Waals surface area contributed by atoms with Crippen molar-refractivity contribution in [3.05, 3.63) is 84.2 Å². The van der Waals surface area contributed by atoms with E-state index in [9.17, 15) is 18.8 Å². The Bertz CT molecular complexity index is 1290. The van der Waals surface area contributed by atoms with Crippen LogP contribution in [0, 0.1) is 5.82 Å². The van der Waals surface area contributed by atoms with Crippen LogP contribution in [0.4, 0.5) is 15.8 Å². The summed E-state index contributed by atoms with van der Waals surface area (Å²) in [6.07, 6.45) is 0. The van der Waals surface area contributed by atoms with E-state index in [1.165, 1.54) is 11.5 Å². The molecule has 1 saturated heterocycles. The maximum absolute atomic E-state index is 14.0. The van der Waals surface area contributed by atoms with E-state index in [0.29, 0.717) is 43.1 Å². The summed E-state index contributed by atoms with van der Waals surface area (Å²) in [6.45, 7) is 2.71. The molecule has 0 spiro atoms. The first kappa shape index (κ1) is 27.7. The van der Waals surface area contributed by atoms with Gasteiger partial charge in [-0.25, -0.2) is 9.87 Å². The number of para-hydroxylation sites is 1. The Hall–Kier alpha value is -4.32. The summed E-state index contributed by atoms with van der Waals surface area (Å²) in [6, 6.07) is 19.8. The Morgan fingerprint density at radius 1 is 0.897 bits per heavy atom. The lowest BCUT2D eigenvalue weighted by molar-refractivity contribution is -0.130. The molecule has 39 heavy (non-hydrogen) atoms. The molecule has 0 aliphatic carbocycles. The third-order valence-electron chi connectivity index (χ3n) is 6.55. The molecule has 3 aromatic carbocycles. The van der Waals surface area contributed by atoms with Crippen molar-refractivity contribution in [3.63, 3.8) is 0 Å². The van der Waals surface area contributed by atoms with Gasteiger partial charge in [-0.15, -0.1) is 0 Å². The number of anilines is 2. The van der Waals surface area contributed by atoms with Crippen molar-refractivity contribution in [2.75, 3.05) is 49.5 Å². The standard InChI is InChI=1S/C28H31FN6O4/c29-23-3-1-2-4-25(23)35-15-13-34(14-16-35)18-26(36)31-22-11-9-20(10-12-22)19-5-7-21(8-6-19)27(37)32-24(17-30)28(38)33-39/h1-12,24,39H,13-18,30H2,(H,31,36)(H,32,37)(H,33,38)/t24-/m0/s1. The summed E-state index contributed by atoms with van der Waals surface area (Å²) < 4.78 is 14.0. The van der Waals surface area contributed by atoms with Crippen molar-refractivity contribution in [1.29, 1.82) is 0 Å². The van der Waals surface area contributed by atoms with E-state index >= 15 is 0 Å². The van der Waals surface area contributed by atoms with E-state index in [2.05, 4.69) is 10.6 Å². The molecule has 204 valence electrons. The fraction of sp³-hybridized carbons (Fsp3) is 0.250. The number of carbonyl (C=O) groups is 3. The van der Waals surface area contributed by atoms with Crippen LogP contribution in [0.2, 0.25) is 0 Å². The monoisotopic (exact) mass is 534 g/mol. The number of halogens is 1. The van der Waals surface area contributed by atoms with Crippen LogP contribution in [0.5, 0.6) is 0 Å². The summed E-state index contributed by atoms with van der Waals surface area (Å²) in [5.41, 5.74) is 10.3. The molecule has 10 nitrogen and oxygen atoms in total. The number of hydrogen-bond donors (Lipinski definition) is 5. The van der Waals surface area contributed by atoms with Gasteiger partial charge in [0.25, 0.3) is 11.8 Å². The first-order valence-electron chi connectivity index (χ1n) is 12.5. The number of rotatable bonds is 9. The lowest BCUT2D eigenvalue weighted by Gasteiger charge is -2.35. The molecule has 0 unspecified atom stereocenters. The van der Waals surface area contributed by atoms with Crippen LogP contribution in [0.15, 0.2) is 72.8 Å². The van der Waals surface area contributed by atoms with Gasteiger partial charge < -0.3 is 21.3 Å². The average Bonchev–Trinajstić information content (AvgIpc) is 2.96. The minimum Gasteiger partial charge on any atom is -0.367 e. The Labute approximate surface area is 225 Å². The molecule has 1 fully saturated rings. The number of piperazine rings is 1. The topological polar surface area (TPSA) is 140 Å². The van der Waals surface area contributed by atoms with Gasteiger partial charge in [0.15, 0.2) is 0 Å². The lowest BCUT2D eigenvalue weighted by Crippen LogP contribution is -2.50. The molecule has 1 aliphatic rings. The first-order chi connectivity index (χ1) is 18.9. The van der Waals surface area contributed by atoms with Crippen molar-refractivity contribution < 1.29 is 24.0 Å². The van der Waals surface area contributed by atoms with Crippen LogP contribution in [0.25, 0.3) is 11.1 Å². The van der Waals surface area contributed by atoms with Gasteiger partial charge in [-0.3, -0.25) is 24.5 Å². The van der Waals surface area contributed by atoms with Crippen molar-refractivity contribution in [3.8, 4) is 11.1 Å². The maximum atomic E-state index is 14.0. The highest BCUT2D eigenvalue weighted by Crippen LogP contribution is 2.23. The number of nitrogens with one attached hydrogen (secondary N) is 3. The Balaban J connectivity index is 1.27. The minimum absolute atomic E-state index is 0.122. The van der Waals surface area contributed by atoms with Gasteiger partial charge in [-0.1, -0.05) is 36.4 Å². The Morgan fingerprint density at radius 3 is 2.10 bits per heavy atom. The SMILES string of the molecule is NC[C@H](NC(=O)c1ccc(-c2ccc(NC(=O)CN3CCN(c4ccccc4F)CC3)cc2)cc1)C(=O)NO. The van der Waals surface area contributed by atoms with Crippen LogP contribution >= 0.6 is 0 Å². The number of nitrogens with zero attached hydrogens (tertiary/aromatic N) is 2. The van der Waals surface area contributed by atoms with Gasteiger partial charge in [0.2, 0.25) is 5.91 Å². The molecule has 4 rings (SSSR count). The fourth-order valence-corrected chi connectivity index (χ4v) is 4.37. The Kier molecular flexibility index (Phi) is 9.21. The Morgan fingerprint density at radius 2 is 1.51 bits per heavy atom. The van der Waals surface area contributed by atoms with Gasteiger partial charge in [0.1, 0.15) is 11.9 Å². The molecule has 0 bridgehead atoms. The van der Waals surface area contributed by atoms with Crippen LogP contribution in [-0.2, 0) is 9.59 Å². The van der Waals surface area contributed by atoms with Crippen LogP contribution < -0.4 is 26.7 Å². The van der Waals surface area contributed by atoms with E-state index in [1.54, 1.807) is 36.4 Å². The highest BCUT2D eigenvalue weighted by atomic mass is 19.1. The minimum atomic E-state index is -1.05. The quantitative estimate of drug-likeness (QED) is 0.208. The smallest absolute Gasteiger partial charge is 0.267 e. The van der Waals surface area contributed by atoms with Gasteiger partial charge in [0.05, 0.1) is 12.2 Å². The molecule has 1 atom stereocenters. The van der Waals surface area contributed by atoms with E-state index < -0.39 is 17.9 Å². The van der Waals surface area contributed by atoms with Gasteiger partial charge in [-0.2, -0.15) is 0 Å². The van der Waals surface area contributed by atoms with E-state index in [4.69, 9.17) is 10.9 Å². The molecule has 1 heterocycles. The molecular weight excluding hydrogens is 503 g/mol. The van der Waals surface area contributed by atoms with Crippen molar-refractivity contribution in [2.24, 2.45) is 5.73 Å².